The average molecular weight is 310 g/mol. The van der Waals surface area contributed by atoms with Gasteiger partial charge in [-0.3, -0.25) is 4.98 Å². The maximum atomic E-state index is 13.4. The van der Waals surface area contributed by atoms with E-state index in [1.54, 1.807) is 16.9 Å². The van der Waals surface area contributed by atoms with Gasteiger partial charge in [-0.15, -0.1) is 0 Å². The zero-order valence-electron chi connectivity index (χ0n) is 13.2. The summed E-state index contributed by atoms with van der Waals surface area (Å²) < 4.78 is 15.2. The number of nitrogens with one attached hydrogen (secondary N) is 1. The van der Waals surface area contributed by atoms with Crippen LogP contribution in [0.4, 0.5) is 4.39 Å². The fourth-order valence-electron chi connectivity index (χ4n) is 2.60. The number of aromatic nitrogens is 3. The summed E-state index contributed by atoms with van der Waals surface area (Å²) in [5.74, 6) is -0.262. The second-order valence-corrected chi connectivity index (χ2v) is 5.54. The molecule has 4 nitrogen and oxygen atoms in total. The molecule has 3 aromatic rings. The van der Waals surface area contributed by atoms with E-state index in [0.29, 0.717) is 0 Å². The van der Waals surface area contributed by atoms with Crippen molar-refractivity contribution in [3.8, 4) is 5.69 Å². The van der Waals surface area contributed by atoms with Gasteiger partial charge in [0, 0.05) is 36.2 Å². The van der Waals surface area contributed by atoms with Crippen molar-refractivity contribution >= 4 is 0 Å². The lowest BCUT2D eigenvalue weighted by atomic mass is 10.1. The van der Waals surface area contributed by atoms with Crippen molar-refractivity contribution in [2.24, 2.45) is 0 Å². The van der Waals surface area contributed by atoms with Gasteiger partial charge in [-0.05, 0) is 43.7 Å². The highest BCUT2D eigenvalue weighted by atomic mass is 19.1. The molecule has 2 heterocycles. The van der Waals surface area contributed by atoms with Crippen molar-refractivity contribution in [2.45, 2.75) is 26.4 Å². The first-order valence-corrected chi connectivity index (χ1v) is 7.58. The fraction of sp³-hybridized carbons (Fsp3) is 0.222. The van der Waals surface area contributed by atoms with Crippen LogP contribution in [-0.2, 0) is 6.54 Å². The Labute approximate surface area is 135 Å². The Morgan fingerprint density at radius 1 is 1.22 bits per heavy atom. The van der Waals surface area contributed by atoms with Gasteiger partial charge in [-0.1, -0.05) is 12.1 Å². The van der Waals surface area contributed by atoms with Crippen LogP contribution in [0.3, 0.4) is 0 Å². The molecule has 0 spiro atoms. The first-order chi connectivity index (χ1) is 11.1. The van der Waals surface area contributed by atoms with Crippen LogP contribution < -0.4 is 5.32 Å². The molecule has 1 N–H and O–H groups in total. The van der Waals surface area contributed by atoms with Gasteiger partial charge in [-0.2, -0.15) is 5.10 Å². The second kappa shape index (κ2) is 6.71. The molecule has 0 amide bonds. The Kier molecular flexibility index (Phi) is 4.48. The molecule has 0 aliphatic rings. The third-order valence-electron chi connectivity index (χ3n) is 3.90. The fourth-order valence-corrected chi connectivity index (χ4v) is 2.60. The number of hydrogen-bond donors (Lipinski definition) is 1. The van der Waals surface area contributed by atoms with E-state index in [4.69, 9.17) is 0 Å². The normalized spacial score (nSPS) is 12.3. The van der Waals surface area contributed by atoms with Crippen LogP contribution in [0.1, 0.15) is 29.8 Å². The summed E-state index contributed by atoms with van der Waals surface area (Å²) in [6, 6.07) is 10.6. The highest BCUT2D eigenvalue weighted by Crippen LogP contribution is 2.20. The molecule has 118 valence electrons. The van der Waals surface area contributed by atoms with Gasteiger partial charge in [0.15, 0.2) is 0 Å². The second-order valence-electron chi connectivity index (χ2n) is 5.54. The summed E-state index contributed by atoms with van der Waals surface area (Å²) >= 11 is 0. The predicted molar refractivity (Wildman–Crippen MR) is 87.8 cm³/mol. The minimum atomic E-state index is -0.262. The molecular formula is C18H19FN4. The predicted octanol–water partition coefficient (Wildman–Crippen LogP) is 3.57. The molecule has 0 fully saturated rings. The minimum Gasteiger partial charge on any atom is -0.306 e. The lowest BCUT2D eigenvalue weighted by molar-refractivity contribution is 0.570. The first kappa shape index (κ1) is 15.4. The average Bonchev–Trinajstić information content (AvgIpc) is 2.95. The highest BCUT2D eigenvalue weighted by Gasteiger charge is 2.14. The van der Waals surface area contributed by atoms with Gasteiger partial charge in [0.1, 0.15) is 5.82 Å². The minimum absolute atomic E-state index is 0.137. The first-order valence-electron chi connectivity index (χ1n) is 7.58. The van der Waals surface area contributed by atoms with Crippen molar-refractivity contribution in [1.82, 2.24) is 20.1 Å². The third kappa shape index (κ3) is 3.46. The lowest BCUT2D eigenvalue weighted by Gasteiger charge is -2.14. The summed E-state index contributed by atoms with van der Waals surface area (Å²) in [6.07, 6.45) is 5.45. The zero-order valence-corrected chi connectivity index (χ0v) is 13.2. The number of hydrogen-bond acceptors (Lipinski definition) is 3. The van der Waals surface area contributed by atoms with Crippen LogP contribution >= 0.6 is 0 Å². The maximum Gasteiger partial charge on any atom is 0.125 e. The van der Waals surface area contributed by atoms with Gasteiger partial charge in [-0.25, -0.2) is 9.07 Å². The summed E-state index contributed by atoms with van der Waals surface area (Å²) in [5, 5.41) is 7.87. The summed E-state index contributed by atoms with van der Waals surface area (Å²) in [7, 11) is 0. The number of nitrogens with zero attached hydrogens (tertiary/aromatic N) is 3. The van der Waals surface area contributed by atoms with Gasteiger partial charge in [0.25, 0.3) is 0 Å². The Hall–Kier alpha value is -2.53. The molecule has 0 radical (unpaired) electrons. The smallest absolute Gasteiger partial charge is 0.125 e. The van der Waals surface area contributed by atoms with Gasteiger partial charge in [0.2, 0.25) is 0 Å². The molecule has 0 aliphatic carbocycles. The van der Waals surface area contributed by atoms with Crippen molar-refractivity contribution in [3.05, 3.63) is 77.6 Å². The molecule has 1 atom stereocenters. The molecule has 0 bridgehead atoms. The van der Waals surface area contributed by atoms with Gasteiger partial charge in [0.05, 0.1) is 11.9 Å². The summed E-state index contributed by atoms with van der Waals surface area (Å²) in [4.78, 5) is 4.11. The largest absolute Gasteiger partial charge is 0.306 e. The zero-order chi connectivity index (χ0) is 16.2. The van der Waals surface area contributed by atoms with Crippen molar-refractivity contribution in [2.75, 3.05) is 0 Å². The van der Waals surface area contributed by atoms with Gasteiger partial charge >= 0.3 is 0 Å². The van der Waals surface area contributed by atoms with E-state index < -0.39 is 0 Å². The molecular weight excluding hydrogens is 291 g/mol. The van der Waals surface area contributed by atoms with E-state index in [9.17, 15) is 4.39 Å². The Bertz CT molecular complexity index is 783. The standard InChI is InChI=1S/C18H19FN4/c1-13(21-11-15-5-4-8-20-10-15)18-12-22-23(14(18)2)17-7-3-6-16(19)9-17/h3-10,12-13,21H,11H2,1-2H3. The van der Waals surface area contributed by atoms with E-state index >= 15 is 0 Å². The molecule has 23 heavy (non-hydrogen) atoms. The van der Waals surface area contributed by atoms with Crippen molar-refractivity contribution in [1.29, 1.82) is 0 Å². The van der Waals surface area contributed by atoms with Gasteiger partial charge < -0.3 is 5.32 Å². The topological polar surface area (TPSA) is 42.7 Å². The van der Waals surface area contributed by atoms with E-state index in [2.05, 4.69) is 22.3 Å². The highest BCUT2D eigenvalue weighted by molar-refractivity contribution is 5.35. The van der Waals surface area contributed by atoms with E-state index in [1.807, 2.05) is 37.5 Å². The molecule has 0 saturated heterocycles. The Balaban J connectivity index is 1.76. The van der Waals surface area contributed by atoms with Crippen LogP contribution in [-0.4, -0.2) is 14.8 Å². The van der Waals surface area contributed by atoms with Crippen LogP contribution in [0.5, 0.6) is 0 Å². The van der Waals surface area contributed by atoms with E-state index in [0.717, 1.165) is 29.1 Å². The number of benzene rings is 1. The summed E-state index contributed by atoms with van der Waals surface area (Å²) in [5.41, 5.74) is 3.96. The number of rotatable bonds is 5. The van der Waals surface area contributed by atoms with Crippen LogP contribution in [0, 0.1) is 12.7 Å². The number of pyridine rings is 1. The molecule has 5 heteroatoms. The SMILES string of the molecule is Cc1c(C(C)NCc2cccnc2)cnn1-c1cccc(F)c1. The number of halogens is 1. The molecule has 1 aromatic carbocycles. The molecule has 0 saturated carbocycles. The van der Waals surface area contributed by atoms with E-state index in [1.165, 1.54) is 12.1 Å². The molecule has 0 aliphatic heterocycles. The monoisotopic (exact) mass is 310 g/mol. The lowest BCUT2D eigenvalue weighted by Crippen LogP contribution is -2.18. The molecule has 3 rings (SSSR count). The van der Waals surface area contributed by atoms with Crippen LogP contribution in [0.15, 0.2) is 55.0 Å². The Morgan fingerprint density at radius 3 is 2.83 bits per heavy atom. The molecule has 2 aromatic heterocycles. The third-order valence-corrected chi connectivity index (χ3v) is 3.90. The van der Waals surface area contributed by atoms with Crippen molar-refractivity contribution in [3.63, 3.8) is 0 Å². The maximum absolute atomic E-state index is 13.4. The Morgan fingerprint density at radius 2 is 2.09 bits per heavy atom. The summed E-state index contributed by atoms with van der Waals surface area (Å²) in [6.45, 7) is 4.82. The van der Waals surface area contributed by atoms with E-state index in [-0.39, 0.29) is 11.9 Å². The van der Waals surface area contributed by atoms with Crippen LogP contribution in [0.2, 0.25) is 0 Å². The quantitative estimate of drug-likeness (QED) is 0.783. The van der Waals surface area contributed by atoms with Crippen molar-refractivity contribution < 1.29 is 4.39 Å². The van der Waals surface area contributed by atoms with Crippen LogP contribution in [0.25, 0.3) is 5.69 Å². The molecule has 1 unspecified atom stereocenters.